The first-order chi connectivity index (χ1) is 16.8. The van der Waals surface area contributed by atoms with Gasteiger partial charge in [-0.3, -0.25) is 9.69 Å². The summed E-state index contributed by atoms with van der Waals surface area (Å²) in [5.41, 5.74) is 3.98. The number of nitrogens with zero attached hydrogens (tertiary/aromatic N) is 1. The van der Waals surface area contributed by atoms with Crippen LogP contribution in [0.3, 0.4) is 0 Å². The topological polar surface area (TPSA) is 38.8 Å². The molecule has 4 rings (SSSR count). The van der Waals surface area contributed by atoms with Crippen LogP contribution in [0.25, 0.3) is 6.08 Å². The Morgan fingerprint density at radius 1 is 1.09 bits per heavy atom. The third kappa shape index (κ3) is 6.47. The summed E-state index contributed by atoms with van der Waals surface area (Å²) in [5, 5.41) is 0.658. The number of benzene rings is 3. The molecule has 0 radical (unpaired) electrons. The molecule has 35 heavy (non-hydrogen) atoms. The van der Waals surface area contributed by atoms with Crippen molar-refractivity contribution in [1.29, 1.82) is 0 Å². The van der Waals surface area contributed by atoms with Gasteiger partial charge in [0.1, 0.15) is 10.9 Å². The molecule has 1 aliphatic rings. The molecule has 0 saturated carbocycles. The number of rotatable bonds is 8. The van der Waals surface area contributed by atoms with Gasteiger partial charge in [0, 0.05) is 5.02 Å². The van der Waals surface area contributed by atoms with Crippen molar-refractivity contribution in [2.75, 3.05) is 6.61 Å². The molecule has 0 spiro atoms. The summed E-state index contributed by atoms with van der Waals surface area (Å²) in [6, 6.07) is 19.4. The molecule has 1 saturated heterocycles. The average molecular weight is 589 g/mol. The average Bonchev–Trinajstić information content (AvgIpc) is 3.07. The molecule has 1 fully saturated rings. The summed E-state index contributed by atoms with van der Waals surface area (Å²) in [7, 11) is 0. The molecule has 3 aromatic rings. The van der Waals surface area contributed by atoms with E-state index in [1.807, 2.05) is 80.6 Å². The van der Waals surface area contributed by atoms with E-state index in [0.29, 0.717) is 45.5 Å². The molecule has 0 aliphatic carbocycles. The van der Waals surface area contributed by atoms with E-state index < -0.39 is 0 Å². The minimum atomic E-state index is -0.101. The predicted molar refractivity (Wildman–Crippen MR) is 151 cm³/mol. The number of hydrogen-bond donors (Lipinski definition) is 0. The van der Waals surface area contributed by atoms with E-state index >= 15 is 0 Å². The number of aryl methyl sites for hydroxylation is 1. The van der Waals surface area contributed by atoms with E-state index in [-0.39, 0.29) is 5.91 Å². The van der Waals surface area contributed by atoms with Gasteiger partial charge in [0.25, 0.3) is 5.91 Å². The highest BCUT2D eigenvalue weighted by molar-refractivity contribution is 9.10. The first-order valence-corrected chi connectivity index (χ1v) is 13.4. The Morgan fingerprint density at radius 2 is 1.86 bits per heavy atom. The first-order valence-electron chi connectivity index (χ1n) is 11.0. The number of thioether (sulfide) groups is 1. The Kier molecular flexibility index (Phi) is 8.55. The molecule has 0 aromatic heterocycles. The van der Waals surface area contributed by atoms with Crippen molar-refractivity contribution in [3.63, 3.8) is 0 Å². The molecular formula is C27H23BrClNO3S2. The van der Waals surface area contributed by atoms with Gasteiger partial charge in [0.2, 0.25) is 0 Å². The zero-order chi connectivity index (χ0) is 24.9. The van der Waals surface area contributed by atoms with Gasteiger partial charge in [0.05, 0.1) is 22.5 Å². The highest BCUT2D eigenvalue weighted by Crippen LogP contribution is 2.40. The van der Waals surface area contributed by atoms with Gasteiger partial charge in [0.15, 0.2) is 11.5 Å². The number of ether oxygens (including phenoxy) is 2. The molecule has 180 valence electrons. The maximum Gasteiger partial charge on any atom is 0.266 e. The zero-order valence-electron chi connectivity index (χ0n) is 19.2. The third-order valence-electron chi connectivity index (χ3n) is 5.24. The predicted octanol–water partition coefficient (Wildman–Crippen LogP) is 7.79. The minimum absolute atomic E-state index is 0.101. The first kappa shape index (κ1) is 25.8. The van der Waals surface area contributed by atoms with Gasteiger partial charge < -0.3 is 9.47 Å². The van der Waals surface area contributed by atoms with E-state index in [1.165, 1.54) is 17.3 Å². The van der Waals surface area contributed by atoms with Crippen molar-refractivity contribution in [1.82, 2.24) is 4.90 Å². The lowest BCUT2D eigenvalue weighted by molar-refractivity contribution is -0.122. The lowest BCUT2D eigenvalue weighted by atomic mass is 10.1. The molecule has 4 nitrogen and oxygen atoms in total. The number of thiocarbonyl (C=S) groups is 1. The van der Waals surface area contributed by atoms with E-state index in [9.17, 15) is 4.79 Å². The van der Waals surface area contributed by atoms with E-state index in [1.54, 1.807) is 4.90 Å². The molecule has 0 bridgehead atoms. The van der Waals surface area contributed by atoms with Crippen LogP contribution < -0.4 is 9.47 Å². The van der Waals surface area contributed by atoms with Crippen LogP contribution >= 0.6 is 51.5 Å². The van der Waals surface area contributed by atoms with Gasteiger partial charge in [-0.2, -0.15) is 0 Å². The van der Waals surface area contributed by atoms with Crippen LogP contribution in [-0.4, -0.2) is 21.7 Å². The summed E-state index contributed by atoms with van der Waals surface area (Å²) >= 11 is 16.5. The van der Waals surface area contributed by atoms with Crippen LogP contribution in [0, 0.1) is 6.92 Å². The molecule has 1 heterocycles. The zero-order valence-corrected chi connectivity index (χ0v) is 23.2. The summed E-state index contributed by atoms with van der Waals surface area (Å²) < 4.78 is 13.2. The van der Waals surface area contributed by atoms with Crippen LogP contribution in [0.5, 0.6) is 11.5 Å². The van der Waals surface area contributed by atoms with E-state index in [0.717, 1.165) is 21.2 Å². The molecular weight excluding hydrogens is 566 g/mol. The lowest BCUT2D eigenvalue weighted by Crippen LogP contribution is -2.27. The Morgan fingerprint density at radius 3 is 2.57 bits per heavy atom. The lowest BCUT2D eigenvalue weighted by Gasteiger charge is -2.15. The van der Waals surface area contributed by atoms with Crippen LogP contribution in [0.2, 0.25) is 5.02 Å². The molecule has 8 heteroatoms. The molecule has 1 amide bonds. The van der Waals surface area contributed by atoms with Gasteiger partial charge in [-0.1, -0.05) is 77.5 Å². The van der Waals surface area contributed by atoms with Gasteiger partial charge in [-0.05, 0) is 76.8 Å². The Hall–Kier alpha value is -2.32. The molecule has 0 unspecified atom stereocenters. The van der Waals surface area contributed by atoms with Crippen molar-refractivity contribution < 1.29 is 14.3 Å². The van der Waals surface area contributed by atoms with Crippen molar-refractivity contribution in [3.05, 3.63) is 97.3 Å². The van der Waals surface area contributed by atoms with Gasteiger partial charge in [-0.15, -0.1) is 0 Å². The molecule has 0 N–H and O–H groups in total. The van der Waals surface area contributed by atoms with Crippen molar-refractivity contribution >= 4 is 67.8 Å². The smallest absolute Gasteiger partial charge is 0.266 e. The normalized spacial score (nSPS) is 14.6. The fourth-order valence-corrected chi connectivity index (χ4v) is 5.56. The Balaban J connectivity index is 1.55. The van der Waals surface area contributed by atoms with E-state index in [4.69, 9.17) is 33.3 Å². The maximum absolute atomic E-state index is 13.1. The van der Waals surface area contributed by atoms with Crippen molar-refractivity contribution in [3.8, 4) is 11.5 Å². The van der Waals surface area contributed by atoms with Gasteiger partial charge in [-0.25, -0.2) is 0 Å². The summed E-state index contributed by atoms with van der Waals surface area (Å²) in [4.78, 5) is 15.3. The largest absolute Gasteiger partial charge is 0.490 e. The standard InChI is InChI=1S/C27H23BrClNO3S2/c1-3-32-23-13-20(12-22(28)25(23)33-16-19-5-4-6-21(29)11-19)14-24-26(31)30(27(34)35-24)15-18-9-7-17(2)8-10-18/h4-14H,3,15-16H2,1-2H3/b24-14-. The SMILES string of the molecule is CCOc1cc(/C=C2\SC(=S)N(Cc3ccc(C)cc3)C2=O)cc(Br)c1OCc1cccc(Cl)c1. The second-order valence-corrected chi connectivity index (χ2v) is 10.9. The quantitative estimate of drug-likeness (QED) is 0.198. The third-order valence-corrected chi connectivity index (χ3v) is 7.44. The highest BCUT2D eigenvalue weighted by Gasteiger charge is 2.32. The second-order valence-electron chi connectivity index (χ2n) is 7.94. The van der Waals surface area contributed by atoms with Crippen LogP contribution in [0.15, 0.2) is 70.0 Å². The Labute approximate surface area is 228 Å². The fourth-order valence-electron chi connectivity index (χ4n) is 3.52. The number of halogens is 2. The monoisotopic (exact) mass is 587 g/mol. The molecule has 1 aliphatic heterocycles. The van der Waals surface area contributed by atoms with Crippen molar-refractivity contribution in [2.24, 2.45) is 0 Å². The number of carbonyl (C=O) groups excluding carboxylic acids is 1. The van der Waals surface area contributed by atoms with Crippen LogP contribution in [0.1, 0.15) is 29.2 Å². The van der Waals surface area contributed by atoms with E-state index in [2.05, 4.69) is 15.9 Å². The fraction of sp³-hybridized carbons (Fsp3) is 0.185. The summed E-state index contributed by atoms with van der Waals surface area (Å²) in [6.07, 6.45) is 1.84. The Bertz CT molecular complexity index is 1290. The molecule has 0 atom stereocenters. The number of amides is 1. The second kappa shape index (κ2) is 11.6. The minimum Gasteiger partial charge on any atom is -0.490 e. The molecule has 3 aromatic carbocycles. The van der Waals surface area contributed by atoms with Gasteiger partial charge >= 0.3 is 0 Å². The van der Waals surface area contributed by atoms with Crippen LogP contribution in [-0.2, 0) is 17.9 Å². The van der Waals surface area contributed by atoms with Crippen molar-refractivity contribution in [2.45, 2.75) is 27.0 Å². The highest BCUT2D eigenvalue weighted by atomic mass is 79.9. The number of carbonyl (C=O) groups is 1. The summed E-state index contributed by atoms with van der Waals surface area (Å²) in [5.74, 6) is 1.08. The maximum atomic E-state index is 13.1. The summed E-state index contributed by atoms with van der Waals surface area (Å²) in [6.45, 7) is 5.22. The van der Waals surface area contributed by atoms with Crippen LogP contribution in [0.4, 0.5) is 0 Å². The number of hydrogen-bond acceptors (Lipinski definition) is 5.